The van der Waals surface area contributed by atoms with Crippen LogP contribution in [0.3, 0.4) is 0 Å². The number of nitrogens with zero attached hydrogens (tertiary/aromatic N) is 4. The summed E-state index contributed by atoms with van der Waals surface area (Å²) in [6.07, 6.45) is 4.51. The Morgan fingerprint density at radius 3 is 2.63 bits per heavy atom. The zero-order valence-electron chi connectivity index (χ0n) is 18.9. The van der Waals surface area contributed by atoms with Crippen molar-refractivity contribution >= 4 is 0 Å². The lowest BCUT2D eigenvalue weighted by Gasteiger charge is -2.22. The lowest BCUT2D eigenvalue weighted by Crippen LogP contribution is -2.20. The van der Waals surface area contributed by atoms with Crippen molar-refractivity contribution in [2.24, 2.45) is 0 Å². The van der Waals surface area contributed by atoms with Crippen LogP contribution in [-0.4, -0.2) is 46.1 Å². The first-order chi connectivity index (χ1) is 17.2. The van der Waals surface area contributed by atoms with E-state index in [1.54, 1.807) is 23.0 Å². The van der Waals surface area contributed by atoms with Gasteiger partial charge >= 0.3 is 0 Å². The van der Waals surface area contributed by atoms with Crippen LogP contribution >= 0.6 is 0 Å². The van der Waals surface area contributed by atoms with Gasteiger partial charge in [-0.25, -0.2) is 18.1 Å². The topological polar surface area (TPSA) is 71.2 Å². The Bertz CT molecular complexity index is 1360. The minimum absolute atomic E-state index is 0.00983. The van der Waals surface area contributed by atoms with Gasteiger partial charge in [0.05, 0.1) is 23.8 Å². The first kappa shape index (κ1) is 22.9. The molecule has 1 aliphatic heterocycles. The van der Waals surface area contributed by atoms with Crippen molar-refractivity contribution in [1.29, 1.82) is 0 Å². The fraction of sp³-hybridized carbons (Fsp3) is 0.269. The molecule has 1 fully saturated rings. The average Bonchev–Trinajstić information content (AvgIpc) is 3.39. The molecule has 1 aliphatic rings. The van der Waals surface area contributed by atoms with E-state index >= 15 is 4.39 Å². The van der Waals surface area contributed by atoms with E-state index in [1.165, 1.54) is 16.9 Å². The third-order valence-electron chi connectivity index (χ3n) is 6.02. The molecule has 35 heavy (non-hydrogen) atoms. The Labute approximate surface area is 200 Å². The second kappa shape index (κ2) is 10.2. The Morgan fingerprint density at radius 1 is 1.09 bits per heavy atom. The Kier molecular flexibility index (Phi) is 6.67. The molecule has 2 aromatic carbocycles. The lowest BCUT2D eigenvalue weighted by atomic mass is 9.91. The Balaban J connectivity index is 1.60. The minimum Gasteiger partial charge on any atom is -0.485 e. The van der Waals surface area contributed by atoms with Crippen molar-refractivity contribution in [3.63, 3.8) is 0 Å². The summed E-state index contributed by atoms with van der Waals surface area (Å²) in [5, 5.41) is 8.77. The Hall–Kier alpha value is -3.85. The molecule has 0 N–H and O–H groups in total. The summed E-state index contributed by atoms with van der Waals surface area (Å²) in [6, 6.07) is 15.9. The standard InChI is InChI=1S/C26H24F2N4O3/c27-11-15-35-24-17-31(22-7-6-19(16-21(22)28)18-9-13-34-14-10-18)30-25(26(24)33)23-8-12-29-32(23)20-4-2-1-3-5-20/h1-8,12,16-18H,9-11,13-15H2. The molecular formula is C26H24F2N4O3. The van der Waals surface area contributed by atoms with E-state index in [4.69, 9.17) is 9.47 Å². The maximum Gasteiger partial charge on any atom is 0.251 e. The first-order valence-corrected chi connectivity index (χ1v) is 11.5. The number of alkyl halides is 1. The van der Waals surface area contributed by atoms with Crippen molar-refractivity contribution in [3.8, 4) is 28.5 Å². The van der Waals surface area contributed by atoms with Gasteiger partial charge in [0.1, 0.15) is 24.8 Å². The van der Waals surface area contributed by atoms with Crippen LogP contribution in [0.2, 0.25) is 0 Å². The smallest absolute Gasteiger partial charge is 0.251 e. The Morgan fingerprint density at radius 2 is 1.89 bits per heavy atom. The van der Waals surface area contributed by atoms with Crippen LogP contribution in [0.5, 0.6) is 5.75 Å². The molecular weight excluding hydrogens is 454 g/mol. The molecule has 180 valence electrons. The highest BCUT2D eigenvalue weighted by Crippen LogP contribution is 2.29. The molecule has 0 spiro atoms. The molecule has 0 saturated carbocycles. The van der Waals surface area contributed by atoms with E-state index in [9.17, 15) is 9.18 Å². The van der Waals surface area contributed by atoms with Gasteiger partial charge in [0.25, 0.3) is 5.43 Å². The van der Waals surface area contributed by atoms with Crippen molar-refractivity contribution in [2.75, 3.05) is 26.5 Å². The molecule has 3 heterocycles. The van der Waals surface area contributed by atoms with Crippen LogP contribution in [0.25, 0.3) is 22.8 Å². The third kappa shape index (κ3) is 4.72. The summed E-state index contributed by atoms with van der Waals surface area (Å²) in [6.45, 7) is 0.237. The lowest BCUT2D eigenvalue weighted by molar-refractivity contribution is 0.0853. The molecule has 0 bridgehead atoms. The zero-order chi connectivity index (χ0) is 24.2. The normalized spacial score (nSPS) is 14.2. The van der Waals surface area contributed by atoms with Crippen LogP contribution in [0.1, 0.15) is 24.3 Å². The summed E-state index contributed by atoms with van der Waals surface area (Å²) in [5.41, 5.74) is 1.65. The van der Waals surface area contributed by atoms with E-state index in [-0.39, 0.29) is 29.7 Å². The van der Waals surface area contributed by atoms with E-state index in [0.29, 0.717) is 18.9 Å². The molecule has 9 heteroatoms. The maximum atomic E-state index is 15.3. The predicted molar refractivity (Wildman–Crippen MR) is 127 cm³/mol. The highest BCUT2D eigenvalue weighted by Gasteiger charge is 2.21. The van der Waals surface area contributed by atoms with Crippen molar-refractivity contribution in [3.05, 3.63) is 88.6 Å². The monoisotopic (exact) mass is 478 g/mol. The molecule has 2 aromatic heterocycles. The van der Waals surface area contributed by atoms with Crippen molar-refractivity contribution in [2.45, 2.75) is 18.8 Å². The second-order valence-corrected chi connectivity index (χ2v) is 8.21. The average molecular weight is 478 g/mol. The number of rotatable bonds is 7. The van der Waals surface area contributed by atoms with Gasteiger partial charge in [-0.3, -0.25) is 4.79 Å². The summed E-state index contributed by atoms with van der Waals surface area (Å²) in [5.74, 6) is -0.376. The molecule has 0 aliphatic carbocycles. The van der Waals surface area contributed by atoms with E-state index in [2.05, 4.69) is 10.2 Å². The van der Waals surface area contributed by atoms with Crippen molar-refractivity contribution in [1.82, 2.24) is 19.6 Å². The summed E-state index contributed by atoms with van der Waals surface area (Å²) in [7, 11) is 0. The van der Waals surface area contributed by atoms with Gasteiger partial charge in [-0.1, -0.05) is 24.3 Å². The minimum atomic E-state index is -0.771. The molecule has 1 saturated heterocycles. The van der Waals surface area contributed by atoms with Gasteiger partial charge in [0, 0.05) is 13.2 Å². The number of halogens is 2. The van der Waals surface area contributed by atoms with Crippen molar-refractivity contribution < 1.29 is 18.3 Å². The molecule has 5 rings (SSSR count). The fourth-order valence-corrected chi connectivity index (χ4v) is 4.26. The largest absolute Gasteiger partial charge is 0.485 e. The van der Waals surface area contributed by atoms with Gasteiger partial charge in [-0.2, -0.15) is 10.2 Å². The molecule has 0 unspecified atom stereocenters. The highest BCUT2D eigenvalue weighted by atomic mass is 19.1. The molecule has 7 nitrogen and oxygen atoms in total. The maximum absolute atomic E-state index is 15.3. The van der Waals surface area contributed by atoms with Gasteiger partial charge in [-0.15, -0.1) is 0 Å². The van der Waals surface area contributed by atoms with Crippen LogP contribution in [0, 0.1) is 5.82 Å². The quantitative estimate of drug-likeness (QED) is 0.392. The van der Waals surface area contributed by atoms with Crippen LogP contribution in [-0.2, 0) is 4.74 Å². The van der Waals surface area contributed by atoms with Crippen LogP contribution in [0.4, 0.5) is 8.78 Å². The summed E-state index contributed by atoms with van der Waals surface area (Å²) in [4.78, 5) is 13.2. The highest BCUT2D eigenvalue weighted by molar-refractivity contribution is 5.59. The van der Waals surface area contributed by atoms with Gasteiger partial charge in [0.2, 0.25) is 0 Å². The first-order valence-electron chi connectivity index (χ1n) is 11.5. The van der Waals surface area contributed by atoms with Crippen LogP contribution < -0.4 is 10.2 Å². The van der Waals surface area contributed by atoms with Gasteiger partial charge in [-0.05, 0) is 54.7 Å². The van der Waals surface area contributed by atoms with E-state index < -0.39 is 17.9 Å². The number of ether oxygens (including phenoxy) is 2. The molecule has 0 radical (unpaired) electrons. The van der Waals surface area contributed by atoms with E-state index in [0.717, 1.165) is 24.1 Å². The fourth-order valence-electron chi connectivity index (χ4n) is 4.26. The predicted octanol–water partition coefficient (Wildman–Crippen LogP) is 4.47. The number of para-hydroxylation sites is 1. The molecule has 4 aromatic rings. The second-order valence-electron chi connectivity index (χ2n) is 8.21. The zero-order valence-corrected chi connectivity index (χ0v) is 18.9. The molecule has 0 amide bonds. The number of hydrogen-bond acceptors (Lipinski definition) is 5. The summed E-state index contributed by atoms with van der Waals surface area (Å²) >= 11 is 0. The third-order valence-corrected chi connectivity index (χ3v) is 6.02. The SMILES string of the molecule is O=c1c(OCCF)cn(-c2ccc(C3CCOCC3)cc2F)nc1-c1ccnn1-c1ccccc1. The number of hydrogen-bond donors (Lipinski definition) is 0. The summed E-state index contributed by atoms with van der Waals surface area (Å²) < 4.78 is 41.8. The van der Waals surface area contributed by atoms with Gasteiger partial charge in [0.15, 0.2) is 11.4 Å². The molecule has 0 atom stereocenters. The van der Waals surface area contributed by atoms with Crippen LogP contribution in [0.15, 0.2) is 71.8 Å². The van der Waals surface area contributed by atoms with Gasteiger partial charge < -0.3 is 9.47 Å². The number of benzene rings is 2. The van der Waals surface area contributed by atoms with E-state index in [1.807, 2.05) is 36.4 Å². The number of aromatic nitrogens is 4.